The summed E-state index contributed by atoms with van der Waals surface area (Å²) in [4.78, 5) is 2.95. The number of hydrogen-bond donors (Lipinski definition) is 2. The Balaban J connectivity index is 2.40. The van der Waals surface area contributed by atoms with E-state index in [-0.39, 0.29) is 12.4 Å². The molecule has 74 valence electrons. The molecule has 0 unspecified atom stereocenters. The molecule has 0 amide bonds. The molecule has 1 aromatic carbocycles. The minimum atomic E-state index is -0.169. The van der Waals surface area contributed by atoms with Gasteiger partial charge in [0.2, 0.25) is 0 Å². The summed E-state index contributed by atoms with van der Waals surface area (Å²) >= 11 is 0. The number of hydrogen-bond acceptors (Lipinski definition) is 1. The topological polar surface area (TPSA) is 36.0 Å². The lowest BCUT2D eigenvalue weighted by Gasteiger charge is -2.02. The van der Waals surface area contributed by atoms with E-state index in [0.29, 0.717) is 23.8 Å². The van der Waals surface area contributed by atoms with Crippen molar-refractivity contribution in [2.75, 3.05) is 6.61 Å². The van der Waals surface area contributed by atoms with E-state index in [1.165, 1.54) is 0 Å². The molecule has 0 radical (unpaired) electrons. The first-order valence-corrected chi connectivity index (χ1v) is 4.68. The first kappa shape index (κ1) is 9.21. The molecule has 0 aliphatic rings. The highest BCUT2D eigenvalue weighted by Crippen LogP contribution is 2.20. The van der Waals surface area contributed by atoms with Crippen LogP contribution in [0.4, 0.5) is 4.39 Å². The lowest BCUT2D eigenvalue weighted by molar-refractivity contribution is 0.288. The SMILES string of the molecule is OCCCc1ccc2[nH]ccc2c1F. The number of aliphatic hydroxyl groups is 1. The molecule has 1 aromatic heterocycles. The molecule has 0 bridgehead atoms. The van der Waals surface area contributed by atoms with Crippen molar-refractivity contribution in [1.29, 1.82) is 0 Å². The van der Waals surface area contributed by atoms with Crippen LogP contribution < -0.4 is 0 Å². The van der Waals surface area contributed by atoms with Crippen molar-refractivity contribution in [3.05, 3.63) is 35.8 Å². The van der Waals surface area contributed by atoms with Gasteiger partial charge in [0, 0.05) is 23.7 Å². The van der Waals surface area contributed by atoms with Crippen molar-refractivity contribution in [2.45, 2.75) is 12.8 Å². The number of H-pyrrole nitrogens is 1. The third kappa shape index (κ3) is 1.51. The van der Waals surface area contributed by atoms with Crippen LogP contribution in [-0.4, -0.2) is 16.7 Å². The molecule has 0 aliphatic carbocycles. The van der Waals surface area contributed by atoms with Crippen molar-refractivity contribution < 1.29 is 9.50 Å². The lowest BCUT2D eigenvalue weighted by atomic mass is 10.1. The van der Waals surface area contributed by atoms with Crippen molar-refractivity contribution in [2.24, 2.45) is 0 Å². The summed E-state index contributed by atoms with van der Waals surface area (Å²) < 4.78 is 13.7. The van der Waals surface area contributed by atoms with Crippen LogP contribution in [0, 0.1) is 5.82 Å². The predicted octanol–water partition coefficient (Wildman–Crippen LogP) is 2.23. The van der Waals surface area contributed by atoms with Crippen molar-refractivity contribution in [1.82, 2.24) is 4.98 Å². The molecule has 0 atom stereocenters. The highest BCUT2D eigenvalue weighted by molar-refractivity contribution is 5.80. The van der Waals surface area contributed by atoms with Crippen LogP contribution in [-0.2, 0) is 6.42 Å². The van der Waals surface area contributed by atoms with E-state index >= 15 is 0 Å². The maximum atomic E-state index is 13.7. The van der Waals surface area contributed by atoms with Crippen molar-refractivity contribution >= 4 is 10.9 Å². The summed E-state index contributed by atoms with van der Waals surface area (Å²) in [5.74, 6) is -0.169. The van der Waals surface area contributed by atoms with E-state index in [1.54, 1.807) is 18.3 Å². The summed E-state index contributed by atoms with van der Waals surface area (Å²) in [5, 5.41) is 9.29. The van der Waals surface area contributed by atoms with Gasteiger partial charge in [-0.3, -0.25) is 0 Å². The van der Waals surface area contributed by atoms with Gasteiger partial charge in [-0.2, -0.15) is 0 Å². The van der Waals surface area contributed by atoms with Crippen LogP contribution in [0.1, 0.15) is 12.0 Å². The third-order valence-electron chi connectivity index (χ3n) is 2.35. The number of aliphatic hydroxyl groups excluding tert-OH is 1. The fourth-order valence-electron chi connectivity index (χ4n) is 1.60. The minimum absolute atomic E-state index is 0.102. The second kappa shape index (κ2) is 3.80. The van der Waals surface area contributed by atoms with Gasteiger partial charge in [0.15, 0.2) is 0 Å². The molecule has 2 N–H and O–H groups in total. The predicted molar refractivity (Wildman–Crippen MR) is 53.7 cm³/mol. The molecule has 0 saturated carbocycles. The largest absolute Gasteiger partial charge is 0.396 e. The summed E-state index contributed by atoms with van der Waals surface area (Å²) in [6.45, 7) is 0.102. The van der Waals surface area contributed by atoms with Crippen LogP contribution in [0.5, 0.6) is 0 Å². The Kier molecular flexibility index (Phi) is 2.50. The average molecular weight is 193 g/mol. The molecule has 0 saturated heterocycles. The Morgan fingerprint density at radius 2 is 2.14 bits per heavy atom. The van der Waals surface area contributed by atoms with E-state index in [0.717, 1.165) is 5.52 Å². The van der Waals surface area contributed by atoms with Gasteiger partial charge in [-0.25, -0.2) is 4.39 Å². The van der Waals surface area contributed by atoms with Crippen molar-refractivity contribution in [3.8, 4) is 0 Å². The Labute approximate surface area is 81.4 Å². The number of aromatic nitrogens is 1. The second-order valence-corrected chi connectivity index (χ2v) is 3.30. The lowest BCUT2D eigenvalue weighted by Crippen LogP contribution is -1.93. The molecule has 14 heavy (non-hydrogen) atoms. The van der Waals surface area contributed by atoms with Crippen LogP contribution >= 0.6 is 0 Å². The number of fused-ring (bicyclic) bond motifs is 1. The molecular weight excluding hydrogens is 181 g/mol. The van der Waals surface area contributed by atoms with Gasteiger partial charge >= 0.3 is 0 Å². The number of nitrogens with one attached hydrogen (secondary N) is 1. The molecule has 3 heteroatoms. The zero-order chi connectivity index (χ0) is 9.97. The van der Waals surface area contributed by atoms with E-state index < -0.39 is 0 Å². The van der Waals surface area contributed by atoms with E-state index in [2.05, 4.69) is 4.98 Å². The molecule has 0 fully saturated rings. The number of aryl methyl sites for hydroxylation is 1. The third-order valence-corrected chi connectivity index (χ3v) is 2.35. The smallest absolute Gasteiger partial charge is 0.135 e. The van der Waals surface area contributed by atoms with E-state index in [1.807, 2.05) is 6.07 Å². The summed E-state index contributed by atoms with van der Waals surface area (Å²) in [5.41, 5.74) is 1.49. The molecule has 2 rings (SSSR count). The summed E-state index contributed by atoms with van der Waals surface area (Å²) in [6, 6.07) is 5.36. The second-order valence-electron chi connectivity index (χ2n) is 3.30. The number of rotatable bonds is 3. The van der Waals surface area contributed by atoms with Crippen LogP contribution in [0.2, 0.25) is 0 Å². The Morgan fingerprint density at radius 1 is 1.29 bits per heavy atom. The maximum Gasteiger partial charge on any atom is 0.135 e. The standard InChI is InChI=1S/C11H12FNO/c12-11-8(2-1-7-14)3-4-10-9(11)5-6-13-10/h3-6,13-14H,1-2,7H2. The summed E-state index contributed by atoms with van der Waals surface area (Å²) in [6.07, 6.45) is 2.92. The normalized spacial score (nSPS) is 11.0. The maximum absolute atomic E-state index is 13.7. The van der Waals surface area contributed by atoms with Gasteiger partial charge in [-0.05, 0) is 30.5 Å². The molecule has 1 heterocycles. The van der Waals surface area contributed by atoms with E-state index in [4.69, 9.17) is 5.11 Å². The zero-order valence-corrected chi connectivity index (χ0v) is 7.76. The number of aromatic amines is 1. The molecule has 0 aliphatic heterocycles. The molecule has 2 aromatic rings. The van der Waals surface area contributed by atoms with Gasteiger partial charge in [0.05, 0.1) is 0 Å². The summed E-state index contributed by atoms with van der Waals surface area (Å²) in [7, 11) is 0. The van der Waals surface area contributed by atoms with Gasteiger partial charge in [0.1, 0.15) is 5.82 Å². The highest BCUT2D eigenvalue weighted by Gasteiger charge is 2.06. The van der Waals surface area contributed by atoms with Gasteiger partial charge < -0.3 is 10.1 Å². The van der Waals surface area contributed by atoms with Crippen LogP contribution in [0.15, 0.2) is 24.4 Å². The van der Waals surface area contributed by atoms with Crippen LogP contribution in [0.3, 0.4) is 0 Å². The van der Waals surface area contributed by atoms with Crippen LogP contribution in [0.25, 0.3) is 10.9 Å². The molecule has 2 nitrogen and oxygen atoms in total. The number of benzene rings is 1. The minimum Gasteiger partial charge on any atom is -0.396 e. The Hall–Kier alpha value is -1.35. The number of halogens is 1. The Morgan fingerprint density at radius 3 is 2.93 bits per heavy atom. The van der Waals surface area contributed by atoms with Gasteiger partial charge in [0.25, 0.3) is 0 Å². The Bertz CT molecular complexity index is 436. The van der Waals surface area contributed by atoms with E-state index in [9.17, 15) is 4.39 Å². The molecule has 0 spiro atoms. The zero-order valence-electron chi connectivity index (χ0n) is 7.76. The average Bonchev–Trinajstić information content (AvgIpc) is 2.66. The van der Waals surface area contributed by atoms with Gasteiger partial charge in [-0.15, -0.1) is 0 Å². The molecular formula is C11H12FNO. The van der Waals surface area contributed by atoms with Gasteiger partial charge in [-0.1, -0.05) is 6.07 Å². The first-order chi connectivity index (χ1) is 6.83. The highest BCUT2D eigenvalue weighted by atomic mass is 19.1. The monoisotopic (exact) mass is 193 g/mol. The fourth-order valence-corrected chi connectivity index (χ4v) is 1.60. The quantitative estimate of drug-likeness (QED) is 0.770. The van der Waals surface area contributed by atoms with Crippen molar-refractivity contribution in [3.63, 3.8) is 0 Å². The fraction of sp³-hybridized carbons (Fsp3) is 0.273. The first-order valence-electron chi connectivity index (χ1n) is 4.68.